The first kappa shape index (κ1) is 17.1. The summed E-state index contributed by atoms with van der Waals surface area (Å²) in [7, 11) is 0. The molecule has 1 atom stereocenters. The second-order valence-electron chi connectivity index (χ2n) is 6.96. The number of aromatic nitrogens is 3. The van der Waals surface area contributed by atoms with Crippen molar-refractivity contribution < 1.29 is 14.3 Å². The van der Waals surface area contributed by atoms with Gasteiger partial charge in [-0.05, 0) is 31.5 Å². The summed E-state index contributed by atoms with van der Waals surface area (Å²) in [6, 6.07) is 7.65. The van der Waals surface area contributed by atoms with Gasteiger partial charge < -0.3 is 14.4 Å². The lowest BCUT2D eigenvalue weighted by Crippen LogP contribution is -2.67. The molecule has 0 aromatic carbocycles. The first-order chi connectivity index (χ1) is 12.6. The highest BCUT2D eigenvalue weighted by Gasteiger charge is 2.50. The van der Waals surface area contributed by atoms with Crippen molar-refractivity contribution in [2.75, 3.05) is 19.7 Å². The van der Waals surface area contributed by atoms with Gasteiger partial charge in [0.25, 0.3) is 5.91 Å². The third-order valence-electron chi connectivity index (χ3n) is 4.86. The second-order valence-corrected chi connectivity index (χ2v) is 6.96. The average molecular weight is 354 g/mol. The summed E-state index contributed by atoms with van der Waals surface area (Å²) < 4.78 is 12.1. The molecule has 0 aliphatic carbocycles. The van der Waals surface area contributed by atoms with E-state index in [0.29, 0.717) is 26.3 Å². The van der Waals surface area contributed by atoms with Crippen LogP contribution in [0.2, 0.25) is 0 Å². The quantitative estimate of drug-likeness (QED) is 0.833. The Balaban J connectivity index is 1.31. The number of aryl methyl sites for hydroxylation is 1. The molecule has 4 heterocycles. The molecule has 0 radical (unpaired) electrons. The summed E-state index contributed by atoms with van der Waals surface area (Å²) in [6.45, 7) is 4.25. The molecule has 0 bridgehead atoms. The Hall–Kier alpha value is -2.38. The summed E-state index contributed by atoms with van der Waals surface area (Å²) in [5.74, 6) is 0.0864. The lowest BCUT2D eigenvalue weighted by molar-refractivity contribution is -0.188. The first-order valence-corrected chi connectivity index (χ1v) is 8.88. The van der Waals surface area contributed by atoms with Gasteiger partial charge in [0.2, 0.25) is 5.82 Å². The largest absolute Gasteiger partial charge is 0.372 e. The van der Waals surface area contributed by atoms with Crippen LogP contribution in [0, 0.1) is 6.92 Å². The van der Waals surface area contributed by atoms with E-state index in [2.05, 4.69) is 15.0 Å². The highest BCUT2D eigenvalue weighted by molar-refractivity contribution is 5.91. The van der Waals surface area contributed by atoms with Gasteiger partial charge in [-0.15, -0.1) is 0 Å². The fourth-order valence-corrected chi connectivity index (χ4v) is 3.57. The Kier molecular flexibility index (Phi) is 4.65. The number of rotatable bonds is 4. The lowest BCUT2D eigenvalue weighted by Gasteiger charge is -2.52. The average Bonchev–Trinajstić information content (AvgIpc) is 2.65. The van der Waals surface area contributed by atoms with Crippen LogP contribution in [-0.4, -0.2) is 57.2 Å². The van der Waals surface area contributed by atoms with Crippen molar-refractivity contribution in [2.24, 2.45) is 0 Å². The summed E-state index contributed by atoms with van der Waals surface area (Å²) in [6.07, 6.45) is 4.93. The minimum Gasteiger partial charge on any atom is -0.372 e. The van der Waals surface area contributed by atoms with Gasteiger partial charge in [-0.3, -0.25) is 9.78 Å². The molecule has 2 saturated heterocycles. The van der Waals surface area contributed by atoms with Crippen molar-refractivity contribution in [1.82, 2.24) is 19.9 Å². The molecule has 2 fully saturated rings. The Labute approximate surface area is 152 Å². The maximum absolute atomic E-state index is 12.4. The first-order valence-electron chi connectivity index (χ1n) is 8.88. The number of nitrogens with zero attached hydrogens (tertiary/aromatic N) is 4. The molecule has 2 aliphatic rings. The number of carbonyl (C=O) groups is 1. The van der Waals surface area contributed by atoms with Crippen LogP contribution in [0.5, 0.6) is 0 Å². The third kappa shape index (κ3) is 3.59. The maximum atomic E-state index is 12.4. The van der Waals surface area contributed by atoms with Gasteiger partial charge in [0.15, 0.2) is 0 Å². The van der Waals surface area contributed by atoms with Crippen molar-refractivity contribution in [3.8, 4) is 0 Å². The van der Waals surface area contributed by atoms with E-state index in [0.717, 1.165) is 24.2 Å². The van der Waals surface area contributed by atoms with E-state index < -0.39 is 0 Å². The Morgan fingerprint density at radius 3 is 2.88 bits per heavy atom. The van der Waals surface area contributed by atoms with Gasteiger partial charge in [-0.1, -0.05) is 6.07 Å². The molecule has 136 valence electrons. The van der Waals surface area contributed by atoms with Crippen LogP contribution in [0.15, 0.2) is 36.7 Å². The number of ether oxygens (including phenoxy) is 2. The zero-order chi connectivity index (χ0) is 18.0. The number of amides is 1. The van der Waals surface area contributed by atoms with Crippen LogP contribution in [0.1, 0.15) is 34.8 Å². The Morgan fingerprint density at radius 1 is 1.31 bits per heavy atom. The van der Waals surface area contributed by atoms with E-state index in [1.807, 2.05) is 25.1 Å². The molecule has 7 nitrogen and oxygen atoms in total. The molecule has 0 saturated carbocycles. The van der Waals surface area contributed by atoms with Crippen LogP contribution in [0.25, 0.3) is 0 Å². The van der Waals surface area contributed by atoms with Crippen molar-refractivity contribution in [3.05, 3.63) is 53.9 Å². The molecule has 2 aromatic rings. The zero-order valence-electron chi connectivity index (χ0n) is 14.8. The number of pyridine rings is 1. The van der Waals surface area contributed by atoms with Crippen molar-refractivity contribution in [1.29, 1.82) is 0 Å². The second kappa shape index (κ2) is 7.09. The molecule has 4 rings (SSSR count). The molecule has 1 spiro atoms. The van der Waals surface area contributed by atoms with Gasteiger partial charge >= 0.3 is 0 Å². The van der Waals surface area contributed by atoms with Gasteiger partial charge in [0.05, 0.1) is 31.5 Å². The van der Waals surface area contributed by atoms with Gasteiger partial charge in [0, 0.05) is 31.1 Å². The highest BCUT2D eigenvalue weighted by atomic mass is 16.5. The fraction of sp³-hybridized carbons (Fsp3) is 0.474. The zero-order valence-corrected chi connectivity index (χ0v) is 14.8. The number of likely N-dealkylation sites (tertiary alicyclic amines) is 1. The Bertz CT molecular complexity index is 777. The molecule has 26 heavy (non-hydrogen) atoms. The summed E-state index contributed by atoms with van der Waals surface area (Å²) >= 11 is 0. The van der Waals surface area contributed by atoms with Crippen LogP contribution in [-0.2, 0) is 16.1 Å². The number of carbonyl (C=O) groups excluding carboxylic acids is 1. The third-order valence-corrected chi connectivity index (χ3v) is 4.86. The van der Waals surface area contributed by atoms with Gasteiger partial charge in [-0.25, -0.2) is 9.97 Å². The van der Waals surface area contributed by atoms with Crippen molar-refractivity contribution in [3.63, 3.8) is 0 Å². The summed E-state index contributed by atoms with van der Waals surface area (Å²) in [5.41, 5.74) is 1.64. The van der Waals surface area contributed by atoms with Crippen LogP contribution in [0.3, 0.4) is 0 Å². The van der Waals surface area contributed by atoms with E-state index in [4.69, 9.17) is 9.47 Å². The van der Waals surface area contributed by atoms with E-state index in [1.165, 1.54) is 0 Å². The SMILES string of the molecule is Cc1cccc(COC2CCOC3(C2)CN(C(=O)c2ncccn2)C3)n1. The van der Waals surface area contributed by atoms with Crippen molar-refractivity contribution >= 4 is 5.91 Å². The van der Waals surface area contributed by atoms with Gasteiger partial charge in [0.1, 0.15) is 5.60 Å². The predicted molar refractivity (Wildman–Crippen MR) is 93.4 cm³/mol. The minimum absolute atomic E-state index is 0.122. The maximum Gasteiger partial charge on any atom is 0.291 e. The monoisotopic (exact) mass is 354 g/mol. The smallest absolute Gasteiger partial charge is 0.291 e. The van der Waals surface area contributed by atoms with Crippen LogP contribution in [0.4, 0.5) is 0 Å². The number of hydrogen-bond acceptors (Lipinski definition) is 6. The van der Waals surface area contributed by atoms with Gasteiger partial charge in [-0.2, -0.15) is 0 Å². The molecular formula is C19H22N4O3. The molecule has 7 heteroatoms. The van der Waals surface area contributed by atoms with E-state index in [-0.39, 0.29) is 23.4 Å². The highest BCUT2D eigenvalue weighted by Crippen LogP contribution is 2.36. The molecule has 1 amide bonds. The standard InChI is InChI=1S/C19H22N4O3/c1-14-4-2-5-15(22-14)11-25-16-6-9-26-19(10-16)12-23(13-19)18(24)17-20-7-3-8-21-17/h2-5,7-8,16H,6,9-13H2,1H3. The van der Waals surface area contributed by atoms with Crippen molar-refractivity contribution in [2.45, 2.75) is 38.1 Å². The van der Waals surface area contributed by atoms with E-state index in [9.17, 15) is 4.79 Å². The fourth-order valence-electron chi connectivity index (χ4n) is 3.57. The predicted octanol–water partition coefficient (Wildman–Crippen LogP) is 1.77. The normalized spacial score (nSPS) is 21.4. The molecule has 2 aromatic heterocycles. The Morgan fingerprint density at radius 2 is 2.12 bits per heavy atom. The minimum atomic E-state index is -0.298. The van der Waals surface area contributed by atoms with Crippen LogP contribution < -0.4 is 0 Å². The van der Waals surface area contributed by atoms with E-state index in [1.54, 1.807) is 23.4 Å². The molecule has 1 unspecified atom stereocenters. The number of hydrogen-bond donors (Lipinski definition) is 0. The van der Waals surface area contributed by atoms with E-state index >= 15 is 0 Å². The molecule has 2 aliphatic heterocycles. The molecule has 0 N–H and O–H groups in total. The topological polar surface area (TPSA) is 77.4 Å². The summed E-state index contributed by atoms with van der Waals surface area (Å²) in [4.78, 5) is 26.6. The summed E-state index contributed by atoms with van der Waals surface area (Å²) in [5, 5.41) is 0. The van der Waals surface area contributed by atoms with Crippen LogP contribution >= 0.6 is 0 Å². The molecular weight excluding hydrogens is 332 g/mol. The lowest BCUT2D eigenvalue weighted by atomic mass is 9.84.